The van der Waals surface area contributed by atoms with Crippen LogP contribution in [0.2, 0.25) is 0 Å². The van der Waals surface area contributed by atoms with Crippen LogP contribution in [0.3, 0.4) is 0 Å². The normalized spacial score (nSPS) is 27.8. The van der Waals surface area contributed by atoms with Gasteiger partial charge in [-0.3, -0.25) is 4.79 Å². The van der Waals surface area contributed by atoms with E-state index in [9.17, 15) is 4.79 Å². The zero-order chi connectivity index (χ0) is 19.3. The maximum atomic E-state index is 13.0. The van der Waals surface area contributed by atoms with Gasteiger partial charge in [0.15, 0.2) is 6.10 Å². The van der Waals surface area contributed by atoms with Gasteiger partial charge in [-0.1, -0.05) is 31.9 Å². The van der Waals surface area contributed by atoms with Crippen LogP contribution in [-0.2, 0) is 14.3 Å². The molecule has 1 amide bonds. The lowest BCUT2D eigenvalue weighted by atomic mass is 9.88. The minimum Gasteiger partial charge on any atom is -0.477 e. The third kappa shape index (κ3) is 4.44. The summed E-state index contributed by atoms with van der Waals surface area (Å²) < 4.78 is 17.7. The Labute approximate surface area is 167 Å². The molecule has 154 valence electrons. The smallest absolute Gasteiger partial charge is 0.265 e. The molecule has 0 radical (unpaired) electrons. The molecule has 0 bridgehead atoms. The molecule has 1 aromatic carbocycles. The van der Waals surface area contributed by atoms with Gasteiger partial charge in [0, 0.05) is 19.6 Å². The van der Waals surface area contributed by atoms with Crippen LogP contribution in [-0.4, -0.2) is 69.0 Å². The zero-order valence-corrected chi connectivity index (χ0v) is 16.8. The average Bonchev–Trinajstić information content (AvgIpc) is 2.75. The summed E-state index contributed by atoms with van der Waals surface area (Å²) in [5, 5.41) is 0. The average molecular weight is 389 g/mol. The molecule has 1 saturated heterocycles. The Morgan fingerprint density at radius 1 is 1.18 bits per heavy atom. The topological polar surface area (TPSA) is 51.2 Å². The highest BCUT2D eigenvalue weighted by molar-refractivity contribution is 5.83. The van der Waals surface area contributed by atoms with E-state index in [1.54, 1.807) is 0 Å². The number of rotatable bonds is 5. The van der Waals surface area contributed by atoms with Crippen LogP contribution in [0.1, 0.15) is 32.6 Å². The second kappa shape index (κ2) is 9.14. The summed E-state index contributed by atoms with van der Waals surface area (Å²) in [6.45, 7) is 6.81. The van der Waals surface area contributed by atoms with Gasteiger partial charge in [0.1, 0.15) is 5.75 Å². The molecule has 3 unspecified atom stereocenters. The zero-order valence-electron chi connectivity index (χ0n) is 16.8. The molecule has 2 fully saturated rings. The molecule has 3 aliphatic rings. The van der Waals surface area contributed by atoms with E-state index < -0.39 is 6.10 Å². The first-order valence-electron chi connectivity index (χ1n) is 10.7. The first kappa shape index (κ1) is 19.5. The van der Waals surface area contributed by atoms with Crippen LogP contribution in [0.4, 0.5) is 5.69 Å². The van der Waals surface area contributed by atoms with E-state index in [1.165, 1.54) is 25.7 Å². The Morgan fingerprint density at radius 2 is 1.96 bits per heavy atom. The minimum absolute atomic E-state index is 0.0598. The highest BCUT2D eigenvalue weighted by atomic mass is 16.5. The Bertz CT molecular complexity index is 662. The Kier molecular flexibility index (Phi) is 6.37. The molecular weight excluding hydrogens is 356 g/mol. The number of para-hydroxylation sites is 2. The number of hydrogen-bond acceptors (Lipinski definition) is 5. The molecule has 0 N–H and O–H groups in total. The van der Waals surface area contributed by atoms with Crippen molar-refractivity contribution in [1.29, 1.82) is 0 Å². The molecule has 6 nitrogen and oxygen atoms in total. The lowest BCUT2D eigenvalue weighted by molar-refractivity contribution is -0.142. The number of hydrogen-bond donors (Lipinski definition) is 0. The van der Waals surface area contributed by atoms with Crippen LogP contribution in [0.15, 0.2) is 24.3 Å². The molecule has 2 aliphatic heterocycles. The maximum Gasteiger partial charge on any atom is 0.265 e. The number of ether oxygens (including phenoxy) is 3. The van der Waals surface area contributed by atoms with E-state index in [2.05, 4.69) is 17.9 Å². The molecule has 2 heterocycles. The van der Waals surface area contributed by atoms with E-state index >= 15 is 0 Å². The van der Waals surface area contributed by atoms with Crippen molar-refractivity contribution in [3.8, 4) is 5.75 Å². The van der Waals surface area contributed by atoms with Crippen molar-refractivity contribution >= 4 is 11.6 Å². The SMILES string of the molecule is CC1CCCCC1OCCN1CC(C(=O)N2CCOCC2)Oc2ccccc21. The standard InChI is InChI=1S/C22H32N2O4/c1-17-6-2-4-8-19(17)27-15-12-24-16-21(22(25)23-10-13-26-14-11-23)28-20-9-5-3-7-18(20)24/h3,5,7,9,17,19,21H,2,4,6,8,10-16H2,1H3. The summed E-state index contributed by atoms with van der Waals surface area (Å²) >= 11 is 0. The van der Waals surface area contributed by atoms with Gasteiger partial charge in [0.25, 0.3) is 5.91 Å². The summed E-state index contributed by atoms with van der Waals surface area (Å²) in [4.78, 5) is 17.1. The molecule has 28 heavy (non-hydrogen) atoms. The molecular formula is C22H32N2O4. The van der Waals surface area contributed by atoms with Gasteiger partial charge in [-0.25, -0.2) is 0 Å². The summed E-state index contributed by atoms with van der Waals surface area (Å²) in [6.07, 6.45) is 4.92. The fourth-order valence-electron chi connectivity index (χ4n) is 4.48. The van der Waals surface area contributed by atoms with Gasteiger partial charge in [-0.15, -0.1) is 0 Å². The van der Waals surface area contributed by atoms with Crippen LogP contribution in [0.5, 0.6) is 5.75 Å². The Morgan fingerprint density at radius 3 is 2.79 bits per heavy atom. The first-order chi connectivity index (χ1) is 13.7. The second-order valence-corrected chi connectivity index (χ2v) is 8.13. The molecule has 6 heteroatoms. The van der Waals surface area contributed by atoms with Crippen LogP contribution in [0, 0.1) is 5.92 Å². The van der Waals surface area contributed by atoms with Gasteiger partial charge in [0.05, 0.1) is 38.2 Å². The summed E-state index contributed by atoms with van der Waals surface area (Å²) in [6, 6.07) is 7.99. The molecule has 1 aromatic rings. The number of morpholine rings is 1. The Hall–Kier alpha value is -1.79. The molecule has 4 rings (SSSR count). The van der Waals surface area contributed by atoms with E-state index in [4.69, 9.17) is 14.2 Å². The number of amides is 1. The number of carbonyl (C=O) groups is 1. The van der Waals surface area contributed by atoms with Crippen molar-refractivity contribution in [1.82, 2.24) is 4.90 Å². The van der Waals surface area contributed by atoms with Gasteiger partial charge < -0.3 is 24.0 Å². The Balaban J connectivity index is 1.39. The number of benzene rings is 1. The van der Waals surface area contributed by atoms with Crippen molar-refractivity contribution in [2.24, 2.45) is 5.92 Å². The fraction of sp³-hybridized carbons (Fsp3) is 0.682. The predicted octanol–water partition coefficient (Wildman–Crippen LogP) is 2.71. The summed E-state index contributed by atoms with van der Waals surface area (Å²) in [5.41, 5.74) is 1.05. The molecule has 3 atom stereocenters. The highest BCUT2D eigenvalue weighted by Gasteiger charge is 2.34. The van der Waals surface area contributed by atoms with Gasteiger partial charge in [-0.05, 0) is 30.9 Å². The summed E-state index contributed by atoms with van der Waals surface area (Å²) in [5.74, 6) is 1.48. The van der Waals surface area contributed by atoms with Crippen molar-refractivity contribution in [2.45, 2.75) is 44.8 Å². The second-order valence-electron chi connectivity index (χ2n) is 8.13. The van der Waals surface area contributed by atoms with E-state index in [1.807, 2.05) is 23.1 Å². The van der Waals surface area contributed by atoms with Gasteiger partial charge >= 0.3 is 0 Å². The molecule has 1 saturated carbocycles. The fourth-order valence-corrected chi connectivity index (χ4v) is 4.48. The van der Waals surface area contributed by atoms with Gasteiger partial charge in [-0.2, -0.15) is 0 Å². The van der Waals surface area contributed by atoms with E-state index in [0.29, 0.717) is 51.5 Å². The molecule has 0 spiro atoms. The van der Waals surface area contributed by atoms with Crippen molar-refractivity contribution in [2.75, 3.05) is 50.9 Å². The van der Waals surface area contributed by atoms with E-state index in [0.717, 1.165) is 18.0 Å². The van der Waals surface area contributed by atoms with Crippen LogP contribution in [0.25, 0.3) is 0 Å². The quantitative estimate of drug-likeness (QED) is 0.776. The lowest BCUT2D eigenvalue weighted by Gasteiger charge is -2.38. The summed E-state index contributed by atoms with van der Waals surface area (Å²) in [7, 11) is 0. The third-order valence-corrected chi connectivity index (χ3v) is 6.19. The number of anilines is 1. The lowest BCUT2D eigenvalue weighted by Crippen LogP contribution is -2.53. The molecule has 1 aliphatic carbocycles. The monoisotopic (exact) mass is 388 g/mol. The largest absolute Gasteiger partial charge is 0.477 e. The van der Waals surface area contributed by atoms with Crippen molar-refractivity contribution < 1.29 is 19.0 Å². The van der Waals surface area contributed by atoms with Crippen molar-refractivity contribution in [3.63, 3.8) is 0 Å². The highest BCUT2D eigenvalue weighted by Crippen LogP contribution is 2.33. The number of fused-ring (bicyclic) bond motifs is 1. The third-order valence-electron chi connectivity index (χ3n) is 6.19. The van der Waals surface area contributed by atoms with Gasteiger partial charge in [0.2, 0.25) is 0 Å². The maximum absolute atomic E-state index is 13.0. The van der Waals surface area contributed by atoms with Crippen LogP contribution >= 0.6 is 0 Å². The van der Waals surface area contributed by atoms with E-state index in [-0.39, 0.29) is 5.91 Å². The minimum atomic E-state index is -0.471. The first-order valence-corrected chi connectivity index (χ1v) is 10.7. The predicted molar refractivity (Wildman–Crippen MR) is 108 cm³/mol. The van der Waals surface area contributed by atoms with Crippen LogP contribution < -0.4 is 9.64 Å². The number of carbonyl (C=O) groups excluding carboxylic acids is 1. The molecule has 0 aromatic heterocycles. The van der Waals surface area contributed by atoms with Crippen molar-refractivity contribution in [3.05, 3.63) is 24.3 Å². The number of nitrogens with zero attached hydrogens (tertiary/aromatic N) is 2.